The Balaban J connectivity index is 2.73. The molecule has 0 aliphatic rings. The van der Waals surface area contributed by atoms with Gasteiger partial charge in [-0.3, -0.25) is 0 Å². The lowest BCUT2D eigenvalue weighted by Crippen LogP contribution is -2.25. The van der Waals surface area contributed by atoms with Crippen molar-refractivity contribution in [2.45, 2.75) is 6.04 Å². The van der Waals surface area contributed by atoms with Crippen molar-refractivity contribution in [3.8, 4) is 5.75 Å². The van der Waals surface area contributed by atoms with Gasteiger partial charge in [0.1, 0.15) is 5.75 Å². The maximum Gasteiger partial charge on any atom is 0.119 e. The number of rotatable bonds is 4. The number of likely N-dealkylation sites (N-methyl/N-ethyl adjacent to an activating group) is 1. The van der Waals surface area contributed by atoms with Crippen LogP contribution in [0.15, 0.2) is 24.3 Å². The molecule has 0 fully saturated rings. The molecule has 3 nitrogen and oxygen atoms in total. The highest BCUT2D eigenvalue weighted by Crippen LogP contribution is 2.17. The van der Waals surface area contributed by atoms with Gasteiger partial charge in [-0.15, -0.1) is 0 Å². The first kappa shape index (κ1) is 11.0. The second-order valence-corrected chi connectivity index (χ2v) is 3.65. The minimum Gasteiger partial charge on any atom is -0.497 e. The largest absolute Gasteiger partial charge is 0.497 e. The van der Waals surface area contributed by atoms with Gasteiger partial charge in [-0.2, -0.15) is 0 Å². The van der Waals surface area contributed by atoms with Gasteiger partial charge >= 0.3 is 0 Å². The number of benzene rings is 1. The van der Waals surface area contributed by atoms with E-state index in [1.807, 2.05) is 38.4 Å². The molecule has 0 saturated heterocycles. The van der Waals surface area contributed by atoms with E-state index in [1.54, 1.807) is 7.11 Å². The van der Waals surface area contributed by atoms with E-state index in [0.29, 0.717) is 0 Å². The van der Waals surface area contributed by atoms with E-state index in [2.05, 4.69) is 4.90 Å². The van der Waals surface area contributed by atoms with Gasteiger partial charge in [-0.1, -0.05) is 12.1 Å². The zero-order valence-corrected chi connectivity index (χ0v) is 9.03. The average Bonchev–Trinajstić information content (AvgIpc) is 2.17. The minimum absolute atomic E-state index is 0.0418. The topological polar surface area (TPSA) is 38.5 Å². The fourth-order valence-electron chi connectivity index (χ4n) is 1.37. The predicted octanol–water partition coefficient (Wildman–Crippen LogP) is 1.26. The van der Waals surface area contributed by atoms with E-state index < -0.39 is 0 Å². The van der Waals surface area contributed by atoms with Gasteiger partial charge in [-0.25, -0.2) is 0 Å². The zero-order valence-electron chi connectivity index (χ0n) is 9.03. The van der Waals surface area contributed by atoms with Crippen molar-refractivity contribution in [1.29, 1.82) is 0 Å². The molecule has 0 heterocycles. The minimum atomic E-state index is 0.0418. The summed E-state index contributed by atoms with van der Waals surface area (Å²) in [5.74, 6) is 0.858. The summed E-state index contributed by atoms with van der Waals surface area (Å²) in [6, 6.07) is 7.93. The van der Waals surface area contributed by atoms with Crippen LogP contribution < -0.4 is 10.5 Å². The van der Waals surface area contributed by atoms with Crippen LogP contribution in [0.4, 0.5) is 0 Å². The molecule has 0 amide bonds. The van der Waals surface area contributed by atoms with Gasteiger partial charge in [-0.05, 0) is 31.8 Å². The fraction of sp³-hybridized carbons (Fsp3) is 0.455. The van der Waals surface area contributed by atoms with Crippen molar-refractivity contribution in [1.82, 2.24) is 4.90 Å². The van der Waals surface area contributed by atoms with Crippen molar-refractivity contribution < 1.29 is 4.74 Å². The van der Waals surface area contributed by atoms with Crippen LogP contribution >= 0.6 is 0 Å². The highest BCUT2D eigenvalue weighted by molar-refractivity contribution is 5.30. The van der Waals surface area contributed by atoms with Gasteiger partial charge in [0.25, 0.3) is 0 Å². The Kier molecular flexibility index (Phi) is 3.92. The molecule has 14 heavy (non-hydrogen) atoms. The van der Waals surface area contributed by atoms with Gasteiger partial charge in [0.2, 0.25) is 0 Å². The fourth-order valence-corrected chi connectivity index (χ4v) is 1.37. The number of methoxy groups -OCH3 is 1. The van der Waals surface area contributed by atoms with E-state index in [4.69, 9.17) is 10.5 Å². The predicted molar refractivity (Wildman–Crippen MR) is 58.5 cm³/mol. The monoisotopic (exact) mass is 194 g/mol. The Hall–Kier alpha value is -1.06. The Labute approximate surface area is 85.5 Å². The summed E-state index contributed by atoms with van der Waals surface area (Å²) in [7, 11) is 5.69. The third-order valence-corrected chi connectivity index (χ3v) is 2.08. The summed E-state index contributed by atoms with van der Waals surface area (Å²) in [6.07, 6.45) is 0. The first-order chi connectivity index (χ1) is 6.63. The smallest absolute Gasteiger partial charge is 0.119 e. The number of nitrogens with zero attached hydrogens (tertiary/aromatic N) is 1. The number of nitrogens with two attached hydrogens (primary N) is 1. The first-order valence-electron chi connectivity index (χ1n) is 4.67. The molecule has 3 heteroatoms. The Morgan fingerprint density at radius 1 is 1.43 bits per heavy atom. The van der Waals surface area contributed by atoms with Crippen molar-refractivity contribution in [2.75, 3.05) is 27.7 Å². The molecule has 0 bridgehead atoms. The molecule has 0 aliphatic heterocycles. The standard InChI is InChI=1S/C11H18N2O/c1-13(2)8-11(12)9-5-4-6-10(7-9)14-3/h4-7,11H,8,12H2,1-3H3/t11-/m0/s1. The molecule has 1 atom stereocenters. The second-order valence-electron chi connectivity index (χ2n) is 3.65. The van der Waals surface area contributed by atoms with Gasteiger partial charge < -0.3 is 15.4 Å². The molecule has 1 rings (SSSR count). The quantitative estimate of drug-likeness (QED) is 0.784. The molecule has 0 unspecified atom stereocenters. The average molecular weight is 194 g/mol. The summed E-state index contributed by atoms with van der Waals surface area (Å²) in [5, 5.41) is 0. The lowest BCUT2D eigenvalue weighted by molar-refractivity contribution is 0.375. The molecule has 1 aromatic rings. The summed E-state index contributed by atoms with van der Waals surface area (Å²) in [4.78, 5) is 2.07. The third kappa shape index (κ3) is 3.01. The Morgan fingerprint density at radius 2 is 2.14 bits per heavy atom. The van der Waals surface area contributed by atoms with Crippen molar-refractivity contribution in [3.63, 3.8) is 0 Å². The molecule has 0 spiro atoms. The van der Waals surface area contributed by atoms with Crippen LogP contribution in [-0.4, -0.2) is 32.6 Å². The van der Waals surface area contributed by atoms with Crippen molar-refractivity contribution >= 4 is 0 Å². The highest BCUT2D eigenvalue weighted by atomic mass is 16.5. The van der Waals surface area contributed by atoms with Crippen LogP contribution in [0.5, 0.6) is 5.75 Å². The molecule has 0 aromatic heterocycles. The van der Waals surface area contributed by atoms with Crippen LogP contribution in [0.1, 0.15) is 11.6 Å². The van der Waals surface area contributed by atoms with Crippen LogP contribution in [0.3, 0.4) is 0 Å². The molecular weight excluding hydrogens is 176 g/mol. The van der Waals surface area contributed by atoms with Gasteiger partial charge in [0.05, 0.1) is 7.11 Å². The lowest BCUT2D eigenvalue weighted by atomic mass is 10.1. The number of ether oxygens (including phenoxy) is 1. The van der Waals surface area contributed by atoms with E-state index >= 15 is 0 Å². The maximum atomic E-state index is 6.02. The molecule has 2 N–H and O–H groups in total. The molecular formula is C11H18N2O. The van der Waals surface area contributed by atoms with E-state index in [1.165, 1.54) is 0 Å². The first-order valence-corrected chi connectivity index (χ1v) is 4.67. The van der Waals surface area contributed by atoms with Crippen LogP contribution in [0.25, 0.3) is 0 Å². The Morgan fingerprint density at radius 3 is 2.71 bits per heavy atom. The molecule has 78 valence electrons. The van der Waals surface area contributed by atoms with E-state index in [-0.39, 0.29) is 6.04 Å². The normalized spacial score (nSPS) is 12.9. The highest BCUT2D eigenvalue weighted by Gasteiger charge is 2.07. The van der Waals surface area contributed by atoms with E-state index in [0.717, 1.165) is 17.9 Å². The second kappa shape index (κ2) is 4.98. The summed E-state index contributed by atoms with van der Waals surface area (Å²) in [6.45, 7) is 0.840. The van der Waals surface area contributed by atoms with Crippen LogP contribution in [0.2, 0.25) is 0 Å². The van der Waals surface area contributed by atoms with Gasteiger partial charge in [0, 0.05) is 12.6 Å². The summed E-state index contributed by atoms with van der Waals surface area (Å²) < 4.78 is 5.14. The third-order valence-electron chi connectivity index (χ3n) is 2.08. The number of hydrogen-bond donors (Lipinski definition) is 1. The molecule has 0 aliphatic carbocycles. The van der Waals surface area contributed by atoms with Gasteiger partial charge in [0.15, 0.2) is 0 Å². The zero-order chi connectivity index (χ0) is 10.6. The van der Waals surface area contributed by atoms with Crippen molar-refractivity contribution in [2.24, 2.45) is 5.73 Å². The lowest BCUT2D eigenvalue weighted by Gasteiger charge is -2.17. The summed E-state index contributed by atoms with van der Waals surface area (Å²) in [5.41, 5.74) is 7.13. The van der Waals surface area contributed by atoms with Crippen LogP contribution in [0, 0.1) is 0 Å². The SMILES string of the molecule is COc1cccc([C@@H](N)CN(C)C)c1. The van der Waals surface area contributed by atoms with Crippen molar-refractivity contribution in [3.05, 3.63) is 29.8 Å². The van der Waals surface area contributed by atoms with E-state index in [9.17, 15) is 0 Å². The molecule has 0 saturated carbocycles. The van der Waals surface area contributed by atoms with Crippen LogP contribution in [-0.2, 0) is 0 Å². The number of hydrogen-bond acceptors (Lipinski definition) is 3. The maximum absolute atomic E-state index is 6.02. The molecule has 0 radical (unpaired) electrons. The molecule has 1 aromatic carbocycles. The Bertz CT molecular complexity index is 286. The summed E-state index contributed by atoms with van der Waals surface area (Å²) >= 11 is 0.